The fourth-order valence-electron chi connectivity index (χ4n) is 1.54. The third-order valence-electron chi connectivity index (χ3n) is 2.44. The van der Waals surface area contributed by atoms with Crippen LogP contribution in [-0.2, 0) is 9.53 Å². The van der Waals surface area contributed by atoms with Crippen LogP contribution in [0.4, 0.5) is 4.79 Å². The summed E-state index contributed by atoms with van der Waals surface area (Å²) in [5.74, 6) is -0.138. The molecule has 0 fully saturated rings. The predicted octanol–water partition coefficient (Wildman–Crippen LogP) is 1.61. The van der Waals surface area contributed by atoms with Gasteiger partial charge in [0.2, 0.25) is 5.91 Å². The molecule has 5 heteroatoms. The van der Waals surface area contributed by atoms with Crippen molar-refractivity contribution in [3.05, 3.63) is 35.9 Å². The standard InChI is InChI=1S/C13H18N2O3/c1-3-18-13(17)15-11(9-12(16)14-2)10-7-5-4-6-8-10/h4-8,11H,3,9H2,1-2H3,(H,14,16)(H,15,17). The Morgan fingerprint density at radius 1 is 1.28 bits per heavy atom. The molecule has 1 atom stereocenters. The first-order valence-corrected chi connectivity index (χ1v) is 5.86. The van der Waals surface area contributed by atoms with Gasteiger partial charge in [-0.15, -0.1) is 0 Å². The first-order chi connectivity index (χ1) is 8.67. The minimum absolute atomic E-state index is 0.138. The maximum absolute atomic E-state index is 11.4. The van der Waals surface area contributed by atoms with Crippen LogP contribution >= 0.6 is 0 Å². The van der Waals surface area contributed by atoms with Crippen LogP contribution in [0.5, 0.6) is 0 Å². The Kier molecular flexibility index (Phi) is 5.70. The van der Waals surface area contributed by atoms with Crippen molar-refractivity contribution in [1.29, 1.82) is 0 Å². The van der Waals surface area contributed by atoms with E-state index in [-0.39, 0.29) is 18.4 Å². The summed E-state index contributed by atoms with van der Waals surface area (Å²) in [5, 5.41) is 5.22. The quantitative estimate of drug-likeness (QED) is 0.834. The SMILES string of the molecule is CCOC(=O)NC(CC(=O)NC)c1ccccc1. The van der Waals surface area contributed by atoms with E-state index in [0.717, 1.165) is 5.56 Å². The van der Waals surface area contributed by atoms with E-state index < -0.39 is 6.09 Å². The van der Waals surface area contributed by atoms with E-state index in [9.17, 15) is 9.59 Å². The van der Waals surface area contributed by atoms with Crippen molar-refractivity contribution in [2.75, 3.05) is 13.7 Å². The summed E-state index contributed by atoms with van der Waals surface area (Å²) < 4.78 is 4.83. The number of benzene rings is 1. The number of carbonyl (C=O) groups is 2. The molecule has 0 spiro atoms. The lowest BCUT2D eigenvalue weighted by molar-refractivity contribution is -0.121. The van der Waals surface area contributed by atoms with Crippen molar-refractivity contribution in [3.63, 3.8) is 0 Å². The van der Waals surface area contributed by atoms with Crippen LogP contribution in [0, 0.1) is 0 Å². The van der Waals surface area contributed by atoms with Crippen LogP contribution in [0.15, 0.2) is 30.3 Å². The molecule has 2 amide bonds. The molecule has 18 heavy (non-hydrogen) atoms. The summed E-state index contributed by atoms with van der Waals surface area (Å²) in [7, 11) is 1.56. The molecule has 0 heterocycles. The third-order valence-corrected chi connectivity index (χ3v) is 2.44. The fraction of sp³-hybridized carbons (Fsp3) is 0.385. The molecule has 0 radical (unpaired) electrons. The highest BCUT2D eigenvalue weighted by molar-refractivity contribution is 5.77. The van der Waals surface area contributed by atoms with Gasteiger partial charge in [0.05, 0.1) is 19.1 Å². The van der Waals surface area contributed by atoms with Gasteiger partial charge in [0, 0.05) is 7.05 Å². The van der Waals surface area contributed by atoms with Gasteiger partial charge in [-0.3, -0.25) is 4.79 Å². The van der Waals surface area contributed by atoms with Crippen molar-refractivity contribution >= 4 is 12.0 Å². The monoisotopic (exact) mass is 250 g/mol. The van der Waals surface area contributed by atoms with Gasteiger partial charge >= 0.3 is 6.09 Å². The van der Waals surface area contributed by atoms with Gasteiger partial charge in [0.25, 0.3) is 0 Å². The van der Waals surface area contributed by atoms with Crippen molar-refractivity contribution < 1.29 is 14.3 Å². The Bertz CT molecular complexity index is 392. The largest absolute Gasteiger partial charge is 0.450 e. The molecular formula is C13H18N2O3. The van der Waals surface area contributed by atoms with E-state index >= 15 is 0 Å². The molecule has 0 bridgehead atoms. The lowest BCUT2D eigenvalue weighted by Crippen LogP contribution is -2.33. The number of alkyl carbamates (subject to hydrolysis) is 1. The van der Waals surface area contributed by atoms with Crippen LogP contribution < -0.4 is 10.6 Å². The van der Waals surface area contributed by atoms with Gasteiger partial charge in [-0.25, -0.2) is 4.79 Å². The molecule has 0 aromatic heterocycles. The van der Waals surface area contributed by atoms with Crippen molar-refractivity contribution in [3.8, 4) is 0 Å². The van der Waals surface area contributed by atoms with Gasteiger partial charge in [-0.1, -0.05) is 30.3 Å². The first-order valence-electron chi connectivity index (χ1n) is 5.86. The molecule has 0 aliphatic carbocycles. The second kappa shape index (κ2) is 7.32. The van der Waals surface area contributed by atoms with Gasteiger partial charge in [-0.2, -0.15) is 0 Å². The minimum atomic E-state index is -0.518. The highest BCUT2D eigenvalue weighted by Crippen LogP contribution is 2.16. The van der Waals surface area contributed by atoms with E-state index in [1.54, 1.807) is 14.0 Å². The van der Waals surface area contributed by atoms with E-state index in [0.29, 0.717) is 6.61 Å². The van der Waals surface area contributed by atoms with Crippen LogP contribution in [0.2, 0.25) is 0 Å². The molecular weight excluding hydrogens is 232 g/mol. The number of hydrogen-bond acceptors (Lipinski definition) is 3. The summed E-state index contributed by atoms with van der Waals surface area (Å²) in [6.45, 7) is 2.03. The number of amides is 2. The lowest BCUT2D eigenvalue weighted by atomic mass is 10.0. The van der Waals surface area contributed by atoms with Gasteiger partial charge in [0.15, 0.2) is 0 Å². The molecule has 0 aliphatic rings. The van der Waals surface area contributed by atoms with E-state index in [4.69, 9.17) is 4.74 Å². The number of nitrogens with one attached hydrogen (secondary N) is 2. The number of ether oxygens (including phenoxy) is 1. The zero-order valence-electron chi connectivity index (χ0n) is 10.6. The third kappa shape index (κ3) is 4.45. The summed E-state index contributed by atoms with van der Waals surface area (Å²) in [6, 6.07) is 8.94. The zero-order chi connectivity index (χ0) is 13.4. The average Bonchev–Trinajstić information content (AvgIpc) is 2.39. The van der Waals surface area contributed by atoms with Gasteiger partial charge in [0.1, 0.15) is 0 Å². The summed E-state index contributed by atoms with van der Waals surface area (Å²) in [4.78, 5) is 22.9. The molecule has 1 unspecified atom stereocenters. The smallest absolute Gasteiger partial charge is 0.407 e. The molecule has 0 saturated carbocycles. The molecule has 98 valence electrons. The fourth-order valence-corrected chi connectivity index (χ4v) is 1.54. The van der Waals surface area contributed by atoms with Crippen molar-refractivity contribution in [1.82, 2.24) is 10.6 Å². The molecule has 0 aliphatic heterocycles. The van der Waals surface area contributed by atoms with Crippen LogP contribution in [0.1, 0.15) is 24.9 Å². The van der Waals surface area contributed by atoms with Gasteiger partial charge < -0.3 is 15.4 Å². The average molecular weight is 250 g/mol. The summed E-state index contributed by atoms with van der Waals surface area (Å²) in [6.07, 6.45) is -0.338. The van der Waals surface area contributed by atoms with E-state index in [1.807, 2.05) is 30.3 Å². The minimum Gasteiger partial charge on any atom is -0.450 e. The van der Waals surface area contributed by atoms with E-state index in [2.05, 4.69) is 10.6 Å². The van der Waals surface area contributed by atoms with Gasteiger partial charge in [-0.05, 0) is 12.5 Å². The Hall–Kier alpha value is -2.04. The Balaban J connectivity index is 2.75. The second-order valence-corrected chi connectivity index (χ2v) is 3.71. The molecule has 1 rings (SSSR count). The van der Waals surface area contributed by atoms with Crippen LogP contribution in [0.3, 0.4) is 0 Å². The Morgan fingerprint density at radius 2 is 1.94 bits per heavy atom. The molecule has 1 aromatic rings. The lowest BCUT2D eigenvalue weighted by Gasteiger charge is -2.18. The summed E-state index contributed by atoms with van der Waals surface area (Å²) >= 11 is 0. The topological polar surface area (TPSA) is 67.4 Å². The molecule has 2 N–H and O–H groups in total. The maximum atomic E-state index is 11.4. The van der Waals surface area contributed by atoms with Crippen molar-refractivity contribution in [2.45, 2.75) is 19.4 Å². The maximum Gasteiger partial charge on any atom is 0.407 e. The number of hydrogen-bond donors (Lipinski definition) is 2. The molecule has 0 saturated heterocycles. The highest BCUT2D eigenvalue weighted by atomic mass is 16.5. The van der Waals surface area contributed by atoms with Crippen LogP contribution in [0.25, 0.3) is 0 Å². The normalized spacial score (nSPS) is 11.4. The van der Waals surface area contributed by atoms with Crippen LogP contribution in [-0.4, -0.2) is 25.7 Å². The predicted molar refractivity (Wildman–Crippen MR) is 68.0 cm³/mol. The Labute approximate surface area is 107 Å². The molecule has 1 aromatic carbocycles. The zero-order valence-corrected chi connectivity index (χ0v) is 10.6. The highest BCUT2D eigenvalue weighted by Gasteiger charge is 2.18. The van der Waals surface area contributed by atoms with E-state index in [1.165, 1.54) is 0 Å². The second-order valence-electron chi connectivity index (χ2n) is 3.71. The Morgan fingerprint density at radius 3 is 2.50 bits per heavy atom. The van der Waals surface area contributed by atoms with Crippen molar-refractivity contribution in [2.24, 2.45) is 0 Å². The number of carbonyl (C=O) groups excluding carboxylic acids is 2. The number of rotatable bonds is 5. The molecule has 5 nitrogen and oxygen atoms in total. The first kappa shape index (κ1) is 14.0. The summed E-state index contributed by atoms with van der Waals surface area (Å²) in [5.41, 5.74) is 0.870.